The molecule has 0 unspecified atom stereocenters. The summed E-state index contributed by atoms with van der Waals surface area (Å²) >= 11 is 6.25. The largest absolute Gasteiger partial charge is 0.497 e. The molecule has 2 aromatic rings. The van der Waals surface area contributed by atoms with E-state index in [1.165, 1.54) is 12.1 Å². The third-order valence-corrected chi connectivity index (χ3v) is 4.94. The maximum absolute atomic E-state index is 12.9. The minimum atomic E-state index is -4.49. The van der Waals surface area contributed by atoms with Crippen LogP contribution >= 0.6 is 24.0 Å². The lowest BCUT2D eigenvalue weighted by Gasteiger charge is -2.16. The van der Waals surface area contributed by atoms with Crippen LogP contribution in [0.2, 0.25) is 0 Å². The summed E-state index contributed by atoms with van der Waals surface area (Å²) in [6.07, 6.45) is -2.85. The molecule has 1 fully saturated rings. The standard InChI is InChI=1S/C18H12F3NO2S2/c1-24-14-7-5-11(6-8-14)9-15-16(23)22(17(25)26-15)13-4-2-3-12(10-13)18(19,20)21/h2-10H,1H3/b15-9+. The molecule has 0 N–H and O–H groups in total. The number of carbonyl (C=O) groups excluding carboxylic acids is 1. The second kappa shape index (κ2) is 7.13. The third kappa shape index (κ3) is 3.76. The quantitative estimate of drug-likeness (QED) is 0.533. The molecule has 0 bridgehead atoms. The molecular weight excluding hydrogens is 383 g/mol. The van der Waals surface area contributed by atoms with Crippen molar-refractivity contribution in [2.75, 3.05) is 12.0 Å². The van der Waals surface area contributed by atoms with Crippen molar-refractivity contribution < 1.29 is 22.7 Å². The molecule has 0 aromatic heterocycles. The van der Waals surface area contributed by atoms with E-state index < -0.39 is 17.6 Å². The molecule has 1 amide bonds. The molecular formula is C18H12F3NO2S2. The number of alkyl halides is 3. The highest BCUT2D eigenvalue weighted by molar-refractivity contribution is 8.27. The molecule has 134 valence electrons. The number of thioether (sulfide) groups is 1. The van der Waals surface area contributed by atoms with Gasteiger partial charge >= 0.3 is 6.18 Å². The molecule has 0 aliphatic carbocycles. The number of nitrogens with zero attached hydrogens (tertiary/aromatic N) is 1. The van der Waals surface area contributed by atoms with E-state index in [2.05, 4.69) is 0 Å². The lowest BCUT2D eigenvalue weighted by Crippen LogP contribution is -2.27. The van der Waals surface area contributed by atoms with E-state index in [4.69, 9.17) is 17.0 Å². The summed E-state index contributed by atoms with van der Waals surface area (Å²) in [5.41, 5.74) is 0.0268. The number of carbonyl (C=O) groups is 1. The Morgan fingerprint density at radius 3 is 2.46 bits per heavy atom. The van der Waals surface area contributed by atoms with Crippen LogP contribution in [-0.4, -0.2) is 17.3 Å². The first-order valence-electron chi connectivity index (χ1n) is 7.39. The van der Waals surface area contributed by atoms with Gasteiger partial charge in [0.25, 0.3) is 5.91 Å². The first-order chi connectivity index (χ1) is 12.3. The van der Waals surface area contributed by atoms with Crippen molar-refractivity contribution in [3.8, 4) is 5.75 Å². The number of amides is 1. The van der Waals surface area contributed by atoms with Crippen molar-refractivity contribution in [2.45, 2.75) is 6.18 Å². The minimum Gasteiger partial charge on any atom is -0.497 e. The van der Waals surface area contributed by atoms with E-state index in [-0.39, 0.29) is 10.0 Å². The molecule has 1 heterocycles. The number of ether oxygens (including phenoxy) is 1. The van der Waals surface area contributed by atoms with Crippen LogP contribution in [0.4, 0.5) is 18.9 Å². The summed E-state index contributed by atoms with van der Waals surface area (Å²) in [6, 6.07) is 11.6. The van der Waals surface area contributed by atoms with Gasteiger partial charge in [0, 0.05) is 0 Å². The van der Waals surface area contributed by atoms with Gasteiger partial charge in [0.2, 0.25) is 0 Å². The van der Waals surface area contributed by atoms with Crippen LogP contribution in [0.25, 0.3) is 6.08 Å². The minimum absolute atomic E-state index is 0.0976. The summed E-state index contributed by atoms with van der Waals surface area (Å²) in [4.78, 5) is 14.1. The molecule has 0 atom stereocenters. The van der Waals surface area contributed by atoms with E-state index in [0.717, 1.165) is 34.4 Å². The Hall–Kier alpha value is -2.32. The molecule has 1 saturated heterocycles. The second-order valence-electron chi connectivity index (χ2n) is 5.34. The summed E-state index contributed by atoms with van der Waals surface area (Å²) in [5.74, 6) is 0.230. The van der Waals surface area contributed by atoms with Gasteiger partial charge in [-0.05, 0) is 42.0 Å². The summed E-state index contributed by atoms with van der Waals surface area (Å²) in [7, 11) is 1.55. The van der Waals surface area contributed by atoms with Crippen LogP contribution in [0.3, 0.4) is 0 Å². The zero-order valence-electron chi connectivity index (χ0n) is 13.4. The Balaban J connectivity index is 1.90. The van der Waals surface area contributed by atoms with Crippen molar-refractivity contribution in [1.29, 1.82) is 0 Å². The van der Waals surface area contributed by atoms with E-state index in [1.54, 1.807) is 37.5 Å². The molecule has 0 spiro atoms. The van der Waals surface area contributed by atoms with Crippen molar-refractivity contribution in [2.24, 2.45) is 0 Å². The van der Waals surface area contributed by atoms with Gasteiger partial charge in [0.1, 0.15) is 5.75 Å². The Morgan fingerprint density at radius 1 is 1.15 bits per heavy atom. The van der Waals surface area contributed by atoms with Crippen LogP contribution in [0, 0.1) is 0 Å². The second-order valence-corrected chi connectivity index (χ2v) is 7.01. The monoisotopic (exact) mass is 395 g/mol. The number of hydrogen-bond donors (Lipinski definition) is 0. The maximum Gasteiger partial charge on any atom is 0.416 e. The van der Waals surface area contributed by atoms with Gasteiger partial charge in [0.05, 0.1) is 23.3 Å². The van der Waals surface area contributed by atoms with E-state index in [1.807, 2.05) is 0 Å². The Kier molecular flexibility index (Phi) is 5.06. The third-order valence-electron chi connectivity index (χ3n) is 3.64. The molecule has 0 saturated carbocycles. The fourth-order valence-electron chi connectivity index (χ4n) is 2.36. The first-order valence-corrected chi connectivity index (χ1v) is 8.61. The fraction of sp³-hybridized carbons (Fsp3) is 0.111. The molecule has 1 aliphatic heterocycles. The number of halogens is 3. The van der Waals surface area contributed by atoms with Gasteiger partial charge in [-0.2, -0.15) is 13.2 Å². The topological polar surface area (TPSA) is 29.5 Å². The van der Waals surface area contributed by atoms with Crippen LogP contribution < -0.4 is 9.64 Å². The highest BCUT2D eigenvalue weighted by Gasteiger charge is 2.36. The van der Waals surface area contributed by atoms with Crippen molar-refractivity contribution in [3.63, 3.8) is 0 Å². The lowest BCUT2D eigenvalue weighted by atomic mass is 10.1. The van der Waals surface area contributed by atoms with Crippen LogP contribution in [0.1, 0.15) is 11.1 Å². The number of anilines is 1. The van der Waals surface area contributed by atoms with Gasteiger partial charge in [-0.3, -0.25) is 9.69 Å². The maximum atomic E-state index is 12.9. The molecule has 2 aromatic carbocycles. The fourth-order valence-corrected chi connectivity index (χ4v) is 3.66. The molecule has 3 nitrogen and oxygen atoms in total. The van der Waals surface area contributed by atoms with E-state index >= 15 is 0 Å². The molecule has 3 rings (SSSR count). The smallest absolute Gasteiger partial charge is 0.416 e. The highest BCUT2D eigenvalue weighted by atomic mass is 32.2. The van der Waals surface area contributed by atoms with Gasteiger partial charge < -0.3 is 4.74 Å². The Morgan fingerprint density at radius 2 is 1.85 bits per heavy atom. The molecule has 1 aliphatic rings. The molecule has 0 radical (unpaired) electrons. The number of hydrogen-bond acceptors (Lipinski definition) is 4. The predicted octanol–water partition coefficient (Wildman–Crippen LogP) is 5.12. The average Bonchev–Trinajstić information content (AvgIpc) is 2.88. The number of thiocarbonyl (C=S) groups is 1. The summed E-state index contributed by atoms with van der Waals surface area (Å²) < 4.78 is 44.0. The normalized spacial score (nSPS) is 16.5. The van der Waals surface area contributed by atoms with E-state index in [9.17, 15) is 18.0 Å². The van der Waals surface area contributed by atoms with Crippen molar-refractivity contribution in [1.82, 2.24) is 0 Å². The Bertz CT molecular complexity index is 892. The zero-order valence-corrected chi connectivity index (χ0v) is 15.0. The number of benzene rings is 2. The van der Waals surface area contributed by atoms with Gasteiger partial charge in [-0.15, -0.1) is 0 Å². The zero-order chi connectivity index (χ0) is 18.9. The lowest BCUT2D eigenvalue weighted by molar-refractivity contribution is -0.137. The van der Waals surface area contributed by atoms with Gasteiger partial charge in [-0.1, -0.05) is 42.2 Å². The first kappa shape index (κ1) is 18.5. The van der Waals surface area contributed by atoms with Crippen LogP contribution in [0.15, 0.2) is 53.4 Å². The van der Waals surface area contributed by atoms with Crippen LogP contribution in [-0.2, 0) is 11.0 Å². The van der Waals surface area contributed by atoms with Gasteiger partial charge in [0.15, 0.2) is 4.32 Å². The van der Waals surface area contributed by atoms with E-state index in [0.29, 0.717) is 10.7 Å². The van der Waals surface area contributed by atoms with Crippen LogP contribution in [0.5, 0.6) is 5.75 Å². The SMILES string of the molecule is COc1ccc(/C=C2/SC(=S)N(c3cccc(C(F)(F)F)c3)C2=O)cc1. The molecule has 8 heteroatoms. The Labute approximate surface area is 157 Å². The van der Waals surface area contributed by atoms with Gasteiger partial charge in [-0.25, -0.2) is 0 Å². The van der Waals surface area contributed by atoms with Crippen molar-refractivity contribution in [3.05, 3.63) is 64.6 Å². The number of rotatable bonds is 3. The molecule has 26 heavy (non-hydrogen) atoms. The highest BCUT2D eigenvalue weighted by Crippen LogP contribution is 2.38. The summed E-state index contributed by atoms with van der Waals surface area (Å²) in [5, 5.41) is 0. The average molecular weight is 395 g/mol. The van der Waals surface area contributed by atoms with Crippen molar-refractivity contribution >= 4 is 46.0 Å². The number of methoxy groups -OCH3 is 1. The summed E-state index contributed by atoms with van der Waals surface area (Å²) in [6.45, 7) is 0. The predicted molar refractivity (Wildman–Crippen MR) is 100 cm³/mol.